The molecule has 0 aromatic heterocycles. The zero-order chi connectivity index (χ0) is 48.2. The molecule has 0 aliphatic carbocycles. The monoisotopic (exact) mass is 951 g/mol. The predicted octanol–water partition coefficient (Wildman–Crippen LogP) is -11.5. The highest BCUT2D eigenvalue weighted by atomic mass is 16.8. The number of aliphatic hydroxyl groups is 14. The van der Waals surface area contributed by atoms with Crippen LogP contribution in [0.25, 0.3) is 0 Å². The van der Waals surface area contributed by atoms with Crippen LogP contribution in [-0.2, 0) is 57.0 Å². The molecule has 5 fully saturated rings. The summed E-state index contributed by atoms with van der Waals surface area (Å²) >= 11 is 0. The molecule has 17 N–H and O–H groups in total. The number of amides is 3. The number of ether oxygens (including phenoxy) is 9. The molecule has 0 saturated carbocycles. The Morgan fingerprint density at radius 1 is 0.400 bits per heavy atom. The van der Waals surface area contributed by atoms with Crippen molar-refractivity contribution in [3.8, 4) is 0 Å². The van der Waals surface area contributed by atoms with Crippen molar-refractivity contribution in [2.75, 3.05) is 33.0 Å². The summed E-state index contributed by atoms with van der Waals surface area (Å²) in [4.78, 5) is 36.3. The lowest BCUT2D eigenvalue weighted by Crippen LogP contribution is -2.69. The van der Waals surface area contributed by atoms with Crippen LogP contribution in [0, 0.1) is 0 Å². The summed E-state index contributed by atoms with van der Waals surface area (Å²) in [6.07, 6.45) is -39.1. The first kappa shape index (κ1) is 53.4. The fourth-order valence-electron chi connectivity index (χ4n) is 8.14. The van der Waals surface area contributed by atoms with Crippen LogP contribution < -0.4 is 16.0 Å². The average molecular weight is 952 g/mol. The van der Waals surface area contributed by atoms with Gasteiger partial charge in [-0.25, -0.2) is 0 Å². The Hall–Kier alpha value is -2.51. The molecular formula is C36H61N3O26. The van der Waals surface area contributed by atoms with Crippen LogP contribution in [0.5, 0.6) is 0 Å². The minimum absolute atomic E-state index is 0.700. The molecule has 5 aliphatic heterocycles. The van der Waals surface area contributed by atoms with Crippen molar-refractivity contribution in [1.29, 1.82) is 0 Å². The van der Waals surface area contributed by atoms with Crippen LogP contribution in [0.1, 0.15) is 20.8 Å². The lowest BCUT2D eigenvalue weighted by Gasteiger charge is -2.49. The standard InChI is InChI=1S/C36H61N3O26/c1-9(44)37-17-23(50)20(47)12(4-40)59-34(17)63-30-15(7-43)62-36(28(55)26(30)53)64-29-14(6-42)61-33(18(24(29)51)38-10(2)45)57-8-16-22(49)31(19(32(56)58-16)39-11(3)46)65-35-27(54)25(52)21(48)13(5-41)60-35/h12-36,40-43,47-56H,4-8H2,1-3H3,(H,37,44)(H,38,45)(H,39,46)/t12-,13-,14-,15-,16-,17-,18-,19-,20-,21+,22+,23-,24-,25+,26-,27-,28-,29-,30+,31-,32+,33-,34-,35+,36+/m1/s1. The van der Waals surface area contributed by atoms with Gasteiger partial charge in [-0.1, -0.05) is 0 Å². The molecule has 65 heavy (non-hydrogen) atoms. The number of carbonyl (C=O) groups excluding carboxylic acids is 3. The van der Waals surface area contributed by atoms with E-state index >= 15 is 0 Å². The molecule has 0 aromatic carbocycles. The largest absolute Gasteiger partial charge is 0.394 e. The van der Waals surface area contributed by atoms with Gasteiger partial charge in [-0.3, -0.25) is 14.4 Å². The molecule has 0 spiro atoms. The summed E-state index contributed by atoms with van der Waals surface area (Å²) in [7, 11) is 0. The van der Waals surface area contributed by atoms with Gasteiger partial charge in [0.25, 0.3) is 0 Å². The lowest BCUT2D eigenvalue weighted by molar-refractivity contribution is -0.370. The normalized spacial score (nSPS) is 47.1. The Bertz CT molecular complexity index is 1550. The topological polar surface area (TPSA) is 454 Å². The van der Waals surface area contributed by atoms with Crippen LogP contribution in [0.2, 0.25) is 0 Å². The predicted molar refractivity (Wildman–Crippen MR) is 201 cm³/mol. The smallest absolute Gasteiger partial charge is 0.217 e. The Balaban J connectivity index is 1.30. The second-order valence-corrected chi connectivity index (χ2v) is 16.2. The van der Waals surface area contributed by atoms with Crippen LogP contribution in [-0.4, -0.2) is 276 Å². The molecule has 29 heteroatoms. The van der Waals surface area contributed by atoms with Gasteiger partial charge in [-0.05, 0) is 0 Å². The third-order valence-corrected chi connectivity index (χ3v) is 11.5. The molecule has 25 atom stereocenters. The third kappa shape index (κ3) is 12.0. The van der Waals surface area contributed by atoms with Crippen molar-refractivity contribution < 1.29 is 129 Å². The van der Waals surface area contributed by atoms with E-state index in [0.717, 1.165) is 20.8 Å². The molecule has 5 saturated heterocycles. The van der Waals surface area contributed by atoms with Gasteiger partial charge < -0.3 is 130 Å². The van der Waals surface area contributed by atoms with E-state index in [1.807, 2.05) is 0 Å². The van der Waals surface area contributed by atoms with E-state index in [9.17, 15) is 85.9 Å². The number of hydrogen-bond donors (Lipinski definition) is 17. The van der Waals surface area contributed by atoms with E-state index < -0.39 is 204 Å². The zero-order valence-electron chi connectivity index (χ0n) is 35.1. The first-order chi connectivity index (χ1) is 30.7. The SMILES string of the molecule is CC(=O)N[C@@H]1[C@@H](O[C@@H]2O[C@H](CO)[C@H](O)[C@H](O)[C@H]2O)[C@@H](O)[C@@H](CO[C@@H]2O[C@H](CO)[C@@H](O[C@@H]3O[C@H](CO)[C@H](O[C@H]4O[C@H](CO)[C@@H](O)[C@H](O)[C@H]4NC(C)=O)[C@H](O)[C@H]3O)[C@H](O)[C@H]2NC(C)=O)O[C@@H]1O. The maximum atomic E-state index is 12.4. The Kier molecular flexibility index (Phi) is 19.1. The van der Waals surface area contributed by atoms with Crippen molar-refractivity contribution in [1.82, 2.24) is 16.0 Å². The average Bonchev–Trinajstić information content (AvgIpc) is 3.26. The molecule has 376 valence electrons. The summed E-state index contributed by atoms with van der Waals surface area (Å²) in [5, 5.41) is 155. The molecule has 0 aromatic rings. The summed E-state index contributed by atoms with van der Waals surface area (Å²) in [5.74, 6) is -2.20. The molecule has 0 unspecified atom stereocenters. The molecule has 5 rings (SSSR count). The quantitative estimate of drug-likeness (QED) is 0.0683. The van der Waals surface area contributed by atoms with Crippen molar-refractivity contribution in [2.24, 2.45) is 0 Å². The van der Waals surface area contributed by atoms with E-state index in [2.05, 4.69) is 16.0 Å². The van der Waals surface area contributed by atoms with E-state index in [0.29, 0.717) is 0 Å². The van der Waals surface area contributed by atoms with E-state index in [1.54, 1.807) is 0 Å². The van der Waals surface area contributed by atoms with Gasteiger partial charge in [0, 0.05) is 20.8 Å². The Morgan fingerprint density at radius 3 is 1.32 bits per heavy atom. The first-order valence-corrected chi connectivity index (χ1v) is 20.6. The molecule has 0 bridgehead atoms. The fourth-order valence-corrected chi connectivity index (χ4v) is 8.14. The summed E-state index contributed by atoms with van der Waals surface area (Å²) in [6, 6.07) is -4.66. The van der Waals surface area contributed by atoms with Crippen LogP contribution in [0.3, 0.4) is 0 Å². The number of carbonyl (C=O) groups is 3. The van der Waals surface area contributed by atoms with Gasteiger partial charge >= 0.3 is 0 Å². The molecule has 29 nitrogen and oxygen atoms in total. The maximum Gasteiger partial charge on any atom is 0.217 e. The number of aliphatic hydroxyl groups excluding tert-OH is 14. The molecule has 3 amide bonds. The Labute approximate surface area is 369 Å². The molecule has 5 heterocycles. The second kappa shape index (κ2) is 23.2. The third-order valence-electron chi connectivity index (χ3n) is 11.5. The number of rotatable bonds is 16. The van der Waals surface area contributed by atoms with Crippen LogP contribution in [0.4, 0.5) is 0 Å². The van der Waals surface area contributed by atoms with Crippen molar-refractivity contribution in [3.05, 3.63) is 0 Å². The van der Waals surface area contributed by atoms with Gasteiger partial charge in [-0.15, -0.1) is 0 Å². The highest BCUT2D eigenvalue weighted by Crippen LogP contribution is 2.34. The maximum absolute atomic E-state index is 12.4. The van der Waals surface area contributed by atoms with Gasteiger partial charge in [0.15, 0.2) is 31.5 Å². The number of hydrogen-bond acceptors (Lipinski definition) is 26. The van der Waals surface area contributed by atoms with E-state index in [1.165, 1.54) is 0 Å². The summed E-state index contributed by atoms with van der Waals surface area (Å²) in [5.41, 5.74) is 0. The van der Waals surface area contributed by atoms with Crippen LogP contribution in [0.15, 0.2) is 0 Å². The van der Waals surface area contributed by atoms with Gasteiger partial charge in [0.1, 0.15) is 122 Å². The zero-order valence-corrected chi connectivity index (χ0v) is 35.1. The highest BCUT2D eigenvalue weighted by Gasteiger charge is 2.56. The first-order valence-electron chi connectivity index (χ1n) is 20.6. The van der Waals surface area contributed by atoms with Crippen molar-refractivity contribution >= 4 is 17.7 Å². The van der Waals surface area contributed by atoms with Crippen molar-refractivity contribution in [3.63, 3.8) is 0 Å². The molecule has 0 radical (unpaired) electrons. The lowest BCUT2D eigenvalue weighted by atomic mass is 9.94. The second-order valence-electron chi connectivity index (χ2n) is 16.2. The van der Waals surface area contributed by atoms with Crippen LogP contribution >= 0.6 is 0 Å². The van der Waals surface area contributed by atoms with Crippen molar-refractivity contribution in [2.45, 2.75) is 174 Å². The van der Waals surface area contributed by atoms with Gasteiger partial charge in [0.2, 0.25) is 17.7 Å². The Morgan fingerprint density at radius 2 is 0.800 bits per heavy atom. The summed E-state index contributed by atoms with van der Waals surface area (Å²) < 4.78 is 51.1. The highest BCUT2D eigenvalue weighted by molar-refractivity contribution is 5.74. The minimum atomic E-state index is -2.09. The van der Waals surface area contributed by atoms with Gasteiger partial charge in [-0.2, -0.15) is 0 Å². The minimum Gasteiger partial charge on any atom is -0.394 e. The molecular weight excluding hydrogens is 890 g/mol. The summed E-state index contributed by atoms with van der Waals surface area (Å²) in [6.45, 7) is -1.11. The number of nitrogens with one attached hydrogen (secondary N) is 3. The fraction of sp³-hybridized carbons (Fsp3) is 0.917. The molecule has 5 aliphatic rings. The van der Waals surface area contributed by atoms with Gasteiger partial charge in [0.05, 0.1) is 33.0 Å². The van der Waals surface area contributed by atoms with E-state index in [4.69, 9.17) is 42.6 Å². The van der Waals surface area contributed by atoms with E-state index in [-0.39, 0.29) is 0 Å².